The molecule has 0 radical (unpaired) electrons. The van der Waals surface area contributed by atoms with E-state index in [1.165, 1.54) is 6.07 Å². The van der Waals surface area contributed by atoms with Gasteiger partial charge in [0.1, 0.15) is 0 Å². The molecular formula is C28H29Cl2N3O4S. The van der Waals surface area contributed by atoms with Crippen LogP contribution >= 0.6 is 23.2 Å². The molecule has 1 unspecified atom stereocenters. The number of nitrogens with two attached hydrogens (primary N) is 1. The molecule has 200 valence electrons. The largest absolute Gasteiger partial charge is 0.352 e. The SMILES string of the molecule is CN(Cc1ccc(-c2ccccc2S(N)(=O)=O)cc1)C(=O)[C@@H]1CCCC1C(=O)NCc1ccc(Cl)c(Cl)c1. The van der Waals surface area contributed by atoms with Crippen LogP contribution < -0.4 is 10.5 Å². The van der Waals surface area contributed by atoms with E-state index in [4.69, 9.17) is 28.3 Å². The monoisotopic (exact) mass is 573 g/mol. The average Bonchev–Trinajstić information content (AvgIpc) is 3.39. The molecule has 0 saturated heterocycles. The fourth-order valence-electron chi connectivity index (χ4n) is 4.92. The summed E-state index contributed by atoms with van der Waals surface area (Å²) in [6.07, 6.45) is 2.14. The molecule has 38 heavy (non-hydrogen) atoms. The van der Waals surface area contributed by atoms with Gasteiger partial charge in [0.2, 0.25) is 21.8 Å². The Kier molecular flexibility index (Phi) is 8.78. The van der Waals surface area contributed by atoms with Crippen LogP contribution in [0.25, 0.3) is 11.1 Å². The first-order valence-electron chi connectivity index (χ1n) is 12.2. The summed E-state index contributed by atoms with van der Waals surface area (Å²) in [6, 6.07) is 19.1. The highest BCUT2D eigenvalue weighted by molar-refractivity contribution is 7.89. The van der Waals surface area contributed by atoms with Crippen LogP contribution in [-0.4, -0.2) is 32.2 Å². The van der Waals surface area contributed by atoms with Gasteiger partial charge in [0.15, 0.2) is 0 Å². The van der Waals surface area contributed by atoms with Gasteiger partial charge in [-0.05, 0) is 47.7 Å². The maximum absolute atomic E-state index is 13.3. The first-order chi connectivity index (χ1) is 18.0. The van der Waals surface area contributed by atoms with Crippen molar-refractivity contribution in [2.45, 2.75) is 37.2 Å². The van der Waals surface area contributed by atoms with Crippen LogP contribution in [0.5, 0.6) is 0 Å². The number of primary sulfonamides is 1. The predicted octanol–water partition coefficient (Wildman–Crippen LogP) is 5.00. The zero-order valence-electron chi connectivity index (χ0n) is 20.9. The van der Waals surface area contributed by atoms with Gasteiger partial charge in [0, 0.05) is 37.5 Å². The second-order valence-electron chi connectivity index (χ2n) is 9.54. The van der Waals surface area contributed by atoms with Crippen molar-refractivity contribution in [1.29, 1.82) is 0 Å². The third-order valence-corrected chi connectivity index (χ3v) is 8.58. The van der Waals surface area contributed by atoms with Gasteiger partial charge >= 0.3 is 0 Å². The Labute approximate surface area is 233 Å². The zero-order valence-corrected chi connectivity index (χ0v) is 23.2. The molecule has 4 rings (SSSR count). The molecule has 0 bridgehead atoms. The minimum absolute atomic E-state index is 0.0600. The van der Waals surface area contributed by atoms with Gasteiger partial charge in [0.05, 0.1) is 14.9 Å². The van der Waals surface area contributed by atoms with Gasteiger partial charge in [-0.3, -0.25) is 9.59 Å². The molecule has 1 aliphatic carbocycles. The summed E-state index contributed by atoms with van der Waals surface area (Å²) in [5.74, 6) is -0.974. The zero-order chi connectivity index (χ0) is 27.4. The summed E-state index contributed by atoms with van der Waals surface area (Å²) >= 11 is 12.0. The maximum Gasteiger partial charge on any atom is 0.238 e. The van der Waals surface area contributed by atoms with Gasteiger partial charge in [-0.2, -0.15) is 0 Å². The minimum atomic E-state index is -3.86. The van der Waals surface area contributed by atoms with E-state index in [9.17, 15) is 18.0 Å². The predicted molar refractivity (Wildman–Crippen MR) is 149 cm³/mol. The topological polar surface area (TPSA) is 110 Å². The van der Waals surface area contributed by atoms with Crippen LogP contribution in [-0.2, 0) is 32.7 Å². The number of sulfonamides is 1. The molecule has 7 nitrogen and oxygen atoms in total. The lowest BCUT2D eigenvalue weighted by Crippen LogP contribution is -2.40. The molecule has 2 amide bonds. The molecule has 2 atom stereocenters. The van der Waals surface area contributed by atoms with E-state index in [1.807, 2.05) is 24.3 Å². The van der Waals surface area contributed by atoms with Crippen LogP contribution in [0.4, 0.5) is 0 Å². The van der Waals surface area contributed by atoms with Gasteiger partial charge in [-0.1, -0.05) is 78.2 Å². The molecule has 1 saturated carbocycles. The van der Waals surface area contributed by atoms with Gasteiger partial charge in [-0.15, -0.1) is 0 Å². The number of nitrogens with one attached hydrogen (secondary N) is 1. The molecule has 3 aromatic carbocycles. The smallest absolute Gasteiger partial charge is 0.238 e. The van der Waals surface area contributed by atoms with Crippen LogP contribution in [0.15, 0.2) is 71.6 Å². The van der Waals surface area contributed by atoms with E-state index >= 15 is 0 Å². The summed E-state index contributed by atoms with van der Waals surface area (Å²) in [6.45, 7) is 0.675. The average molecular weight is 575 g/mol. The van der Waals surface area contributed by atoms with Crippen LogP contribution in [0.3, 0.4) is 0 Å². The normalized spacial score (nSPS) is 17.3. The Morgan fingerprint density at radius 3 is 2.29 bits per heavy atom. The molecule has 0 heterocycles. The lowest BCUT2D eigenvalue weighted by atomic mass is 9.93. The first-order valence-corrected chi connectivity index (χ1v) is 14.5. The van der Waals surface area contributed by atoms with Crippen molar-refractivity contribution in [2.75, 3.05) is 7.05 Å². The van der Waals surface area contributed by atoms with Crippen molar-refractivity contribution >= 4 is 45.0 Å². The van der Waals surface area contributed by atoms with Gasteiger partial charge in [0.25, 0.3) is 0 Å². The standard InChI is InChI=1S/C28H29Cl2N3O4S/c1-33(17-18-9-12-20(13-10-18)21-5-2-3-8-26(21)38(31,36)37)28(35)23-7-4-6-22(23)27(34)32-16-19-11-14-24(29)25(30)15-19/h2-3,5,8-15,22-23H,4,6-7,16-17H2,1H3,(H,32,34)(H2,31,36,37)/t22?,23-/m1/s1. The molecule has 0 spiro atoms. The summed E-state index contributed by atoms with van der Waals surface area (Å²) in [5, 5.41) is 9.18. The van der Waals surface area contributed by atoms with E-state index in [1.54, 1.807) is 48.3 Å². The van der Waals surface area contributed by atoms with E-state index in [2.05, 4.69) is 5.32 Å². The van der Waals surface area contributed by atoms with Crippen molar-refractivity contribution in [1.82, 2.24) is 10.2 Å². The van der Waals surface area contributed by atoms with Crippen LogP contribution in [0.2, 0.25) is 10.0 Å². The third kappa shape index (κ3) is 6.56. The lowest BCUT2D eigenvalue weighted by molar-refractivity contribution is -0.140. The quantitative estimate of drug-likeness (QED) is 0.395. The Balaban J connectivity index is 1.38. The van der Waals surface area contributed by atoms with Crippen molar-refractivity contribution in [3.05, 3.63) is 87.9 Å². The Morgan fingerprint density at radius 1 is 0.947 bits per heavy atom. The van der Waals surface area contributed by atoms with E-state index in [0.29, 0.717) is 47.1 Å². The molecule has 1 fully saturated rings. The summed E-state index contributed by atoms with van der Waals surface area (Å²) in [4.78, 5) is 27.9. The van der Waals surface area contributed by atoms with Gasteiger partial charge < -0.3 is 10.2 Å². The summed E-state index contributed by atoms with van der Waals surface area (Å²) in [7, 11) is -2.13. The molecule has 3 N–H and O–H groups in total. The number of benzene rings is 3. The van der Waals surface area contributed by atoms with E-state index < -0.39 is 10.0 Å². The molecule has 3 aromatic rings. The van der Waals surface area contributed by atoms with E-state index in [-0.39, 0.29) is 28.5 Å². The van der Waals surface area contributed by atoms with Crippen molar-refractivity contribution < 1.29 is 18.0 Å². The molecule has 0 aromatic heterocycles. The fraction of sp³-hybridized carbons (Fsp3) is 0.286. The highest BCUT2D eigenvalue weighted by Crippen LogP contribution is 2.34. The van der Waals surface area contributed by atoms with Crippen molar-refractivity contribution in [3.63, 3.8) is 0 Å². The Morgan fingerprint density at radius 2 is 1.61 bits per heavy atom. The number of halogens is 2. The molecule has 10 heteroatoms. The van der Waals surface area contributed by atoms with Crippen molar-refractivity contribution in [3.8, 4) is 11.1 Å². The Bertz CT molecular complexity index is 1440. The van der Waals surface area contributed by atoms with Crippen molar-refractivity contribution in [2.24, 2.45) is 17.0 Å². The molecule has 0 aliphatic heterocycles. The highest BCUT2D eigenvalue weighted by atomic mass is 35.5. The summed E-state index contributed by atoms with van der Waals surface area (Å²) < 4.78 is 23.9. The number of carbonyl (C=O) groups excluding carboxylic acids is 2. The second-order valence-corrected chi connectivity index (χ2v) is 11.9. The van der Waals surface area contributed by atoms with Crippen LogP contribution in [0, 0.1) is 11.8 Å². The van der Waals surface area contributed by atoms with Crippen LogP contribution in [0.1, 0.15) is 30.4 Å². The minimum Gasteiger partial charge on any atom is -0.352 e. The lowest BCUT2D eigenvalue weighted by Gasteiger charge is -2.25. The van der Waals surface area contributed by atoms with E-state index in [0.717, 1.165) is 17.5 Å². The second kappa shape index (κ2) is 11.9. The van der Waals surface area contributed by atoms with Gasteiger partial charge in [-0.25, -0.2) is 13.6 Å². The summed E-state index contributed by atoms with van der Waals surface area (Å²) in [5.41, 5.74) is 2.95. The maximum atomic E-state index is 13.3. The first kappa shape index (κ1) is 28.1. The number of hydrogen-bond acceptors (Lipinski definition) is 4. The third-order valence-electron chi connectivity index (χ3n) is 6.88. The Hall–Kier alpha value is -2.91. The molecule has 1 aliphatic rings. The fourth-order valence-corrected chi connectivity index (χ4v) is 6.00. The number of rotatable bonds is 8. The number of carbonyl (C=O) groups is 2. The number of nitrogens with zero attached hydrogens (tertiary/aromatic N) is 1. The highest BCUT2D eigenvalue weighted by Gasteiger charge is 2.38. The number of amides is 2. The number of hydrogen-bond donors (Lipinski definition) is 2. The molecular weight excluding hydrogens is 545 g/mol.